The topological polar surface area (TPSA) is 154 Å². The van der Waals surface area contributed by atoms with Crippen LogP contribution in [0.1, 0.15) is 49.5 Å². The van der Waals surface area contributed by atoms with E-state index in [2.05, 4.69) is 15.2 Å². The van der Waals surface area contributed by atoms with Crippen molar-refractivity contribution in [3.63, 3.8) is 0 Å². The number of benzene rings is 1. The third-order valence-electron chi connectivity index (χ3n) is 6.37. The second-order valence-corrected chi connectivity index (χ2v) is 11.7. The predicted octanol–water partition coefficient (Wildman–Crippen LogP) is 2.36. The Morgan fingerprint density at radius 1 is 1.29 bits per heavy atom. The monoisotopic (exact) mass is 551 g/mol. The molecular formula is C25H37N5O7S. The highest BCUT2D eigenvalue weighted by Crippen LogP contribution is 2.32. The number of aliphatic hydroxyl groups is 1. The van der Waals surface area contributed by atoms with Gasteiger partial charge in [0.05, 0.1) is 24.8 Å². The van der Waals surface area contributed by atoms with Crippen LogP contribution in [0, 0.1) is 19.8 Å². The maximum Gasteiger partial charge on any atom is 0.317 e. The van der Waals surface area contributed by atoms with Crippen LogP contribution < -0.4 is 14.8 Å². The van der Waals surface area contributed by atoms with Crippen molar-refractivity contribution >= 4 is 27.6 Å². The Morgan fingerprint density at radius 2 is 1.97 bits per heavy atom. The van der Waals surface area contributed by atoms with Gasteiger partial charge in [-0.2, -0.15) is 0 Å². The first-order chi connectivity index (χ1) is 17.7. The van der Waals surface area contributed by atoms with Crippen LogP contribution in [0.2, 0.25) is 0 Å². The molecule has 3 N–H and O–H groups in total. The van der Waals surface area contributed by atoms with E-state index < -0.39 is 28.1 Å². The van der Waals surface area contributed by atoms with Crippen molar-refractivity contribution in [2.24, 2.45) is 5.92 Å². The number of fused-ring (bicyclic) bond motifs is 1. The Bertz CT molecular complexity index is 1260. The summed E-state index contributed by atoms with van der Waals surface area (Å²) in [6, 6.07) is 3.65. The summed E-state index contributed by atoms with van der Waals surface area (Å²) in [6.07, 6.45) is -0.483. The summed E-state index contributed by atoms with van der Waals surface area (Å²) < 4.78 is 39.8. The minimum atomic E-state index is -4.04. The van der Waals surface area contributed by atoms with Crippen LogP contribution in [-0.4, -0.2) is 85.4 Å². The molecule has 1 aliphatic heterocycles. The molecule has 0 spiro atoms. The van der Waals surface area contributed by atoms with Gasteiger partial charge in [0.25, 0.3) is 15.9 Å². The quantitative estimate of drug-likeness (QED) is 0.452. The minimum Gasteiger partial charge on any atom is -0.487 e. The van der Waals surface area contributed by atoms with Crippen LogP contribution >= 0.6 is 0 Å². The molecule has 3 atom stereocenters. The SMILES string of the molecule is Cc1noc(C)c1S(=O)(=O)Nc1ccc2c(c1)C(=O)N([C@@H](C)CO)C[C@H](C)[C@H](CN(C)C(=O)NC(C)C)O2. The van der Waals surface area contributed by atoms with Gasteiger partial charge >= 0.3 is 6.03 Å². The largest absolute Gasteiger partial charge is 0.487 e. The van der Waals surface area contributed by atoms with Crippen LogP contribution in [0.4, 0.5) is 10.5 Å². The summed E-state index contributed by atoms with van der Waals surface area (Å²) in [5, 5.41) is 16.4. The number of amides is 3. The number of sulfonamides is 1. The Hall–Kier alpha value is -3.32. The Balaban J connectivity index is 1.98. The Labute approximate surface area is 223 Å². The summed E-state index contributed by atoms with van der Waals surface area (Å²) in [7, 11) is -2.38. The molecule has 2 aromatic rings. The van der Waals surface area contributed by atoms with Crippen molar-refractivity contribution in [3.05, 3.63) is 35.2 Å². The van der Waals surface area contributed by atoms with E-state index in [4.69, 9.17) is 9.26 Å². The number of aromatic nitrogens is 1. The molecule has 38 heavy (non-hydrogen) atoms. The summed E-state index contributed by atoms with van der Waals surface area (Å²) in [6.45, 7) is 10.7. The highest BCUT2D eigenvalue weighted by Gasteiger charge is 2.34. The van der Waals surface area contributed by atoms with Gasteiger partial charge in [0.2, 0.25) is 0 Å². The van der Waals surface area contributed by atoms with E-state index >= 15 is 0 Å². The van der Waals surface area contributed by atoms with Crippen molar-refractivity contribution in [2.75, 3.05) is 31.5 Å². The van der Waals surface area contributed by atoms with Crippen molar-refractivity contribution < 1.29 is 32.4 Å². The second kappa shape index (κ2) is 11.6. The number of anilines is 1. The second-order valence-electron chi connectivity index (χ2n) is 10.1. The number of nitrogens with one attached hydrogen (secondary N) is 2. The molecule has 0 unspecified atom stereocenters. The molecule has 0 bridgehead atoms. The highest BCUT2D eigenvalue weighted by atomic mass is 32.2. The number of rotatable bonds is 8. The number of carbonyl (C=O) groups excluding carboxylic acids is 2. The van der Waals surface area contributed by atoms with Crippen molar-refractivity contribution in [2.45, 2.75) is 64.6 Å². The summed E-state index contributed by atoms with van der Waals surface area (Å²) in [5.41, 5.74) is 0.498. The van der Waals surface area contributed by atoms with Gasteiger partial charge in [-0.05, 0) is 52.8 Å². The van der Waals surface area contributed by atoms with Gasteiger partial charge in [0.1, 0.15) is 17.5 Å². The van der Waals surface area contributed by atoms with Crippen LogP contribution in [0.5, 0.6) is 5.75 Å². The lowest BCUT2D eigenvalue weighted by Crippen LogP contribution is -2.51. The number of aliphatic hydroxyl groups excluding tert-OH is 1. The first-order valence-corrected chi connectivity index (χ1v) is 13.9. The standard InChI is InChI=1S/C25H37N5O7S/c1-14(2)26-25(33)29(7)12-22-15(3)11-30(16(4)13-31)24(32)20-10-19(8-9-21(20)36-22)28-38(34,35)23-17(5)27-37-18(23)6/h8-10,14-16,22,28,31H,11-13H2,1-7H3,(H,26,33)/t15-,16-,22-/m0/s1. The van der Waals surface area contributed by atoms with Gasteiger partial charge in [0.15, 0.2) is 10.7 Å². The molecule has 1 aliphatic rings. The van der Waals surface area contributed by atoms with Crippen LogP contribution in [0.25, 0.3) is 0 Å². The van der Waals surface area contributed by atoms with Crippen molar-refractivity contribution in [1.29, 1.82) is 0 Å². The van der Waals surface area contributed by atoms with E-state index in [0.29, 0.717) is 0 Å². The summed E-state index contributed by atoms with van der Waals surface area (Å²) in [5.74, 6) is -0.199. The molecule has 0 fully saturated rings. The average Bonchev–Trinajstić information content (AvgIpc) is 3.19. The number of aryl methyl sites for hydroxylation is 2. The van der Waals surface area contributed by atoms with Crippen LogP contribution in [-0.2, 0) is 10.0 Å². The number of likely N-dealkylation sites (N-methyl/N-ethyl adjacent to an activating group) is 1. The van der Waals surface area contributed by atoms with Gasteiger partial charge in [0, 0.05) is 31.2 Å². The third kappa shape index (κ3) is 6.38. The molecule has 210 valence electrons. The molecule has 3 rings (SSSR count). The fourth-order valence-corrected chi connectivity index (χ4v) is 5.66. The van der Waals surface area contributed by atoms with E-state index in [0.717, 1.165) is 0 Å². The molecule has 0 aliphatic carbocycles. The first kappa shape index (κ1) is 29.2. The zero-order chi connectivity index (χ0) is 28.4. The first-order valence-electron chi connectivity index (χ1n) is 12.4. The number of urea groups is 1. The maximum atomic E-state index is 13.6. The van der Waals surface area contributed by atoms with Crippen LogP contribution in [0.3, 0.4) is 0 Å². The third-order valence-corrected chi connectivity index (χ3v) is 7.99. The fraction of sp³-hybridized carbons (Fsp3) is 0.560. The Kier molecular flexibility index (Phi) is 8.93. The van der Waals surface area contributed by atoms with Crippen molar-refractivity contribution in [3.8, 4) is 5.75 Å². The molecule has 13 heteroatoms. The number of nitrogens with zero attached hydrogens (tertiary/aromatic N) is 3. The highest BCUT2D eigenvalue weighted by molar-refractivity contribution is 7.92. The van der Waals surface area contributed by atoms with Gasteiger partial charge < -0.3 is 29.5 Å². The lowest BCUT2D eigenvalue weighted by atomic mass is 9.99. The molecule has 0 saturated heterocycles. The average molecular weight is 552 g/mol. The van der Waals surface area contributed by atoms with Gasteiger partial charge in [-0.25, -0.2) is 13.2 Å². The van der Waals surface area contributed by atoms with Crippen LogP contribution in [0.15, 0.2) is 27.6 Å². The number of hydrogen-bond donors (Lipinski definition) is 3. The smallest absolute Gasteiger partial charge is 0.317 e. The molecule has 2 heterocycles. The summed E-state index contributed by atoms with van der Waals surface area (Å²) >= 11 is 0. The molecule has 3 amide bonds. The number of ether oxygens (including phenoxy) is 1. The van der Waals surface area contributed by atoms with Crippen molar-refractivity contribution in [1.82, 2.24) is 20.3 Å². The number of carbonyl (C=O) groups is 2. The zero-order valence-corrected chi connectivity index (χ0v) is 23.6. The molecule has 1 aromatic carbocycles. The van der Waals surface area contributed by atoms with Gasteiger partial charge in [-0.15, -0.1) is 0 Å². The molecule has 12 nitrogen and oxygen atoms in total. The number of hydrogen-bond acceptors (Lipinski definition) is 8. The van der Waals surface area contributed by atoms with Gasteiger partial charge in [-0.3, -0.25) is 9.52 Å². The fourth-order valence-electron chi connectivity index (χ4n) is 4.28. The minimum absolute atomic E-state index is 0.0347. The molecule has 0 saturated carbocycles. The normalized spacial score (nSPS) is 18.8. The van der Waals surface area contributed by atoms with E-state index in [1.54, 1.807) is 18.9 Å². The lowest BCUT2D eigenvalue weighted by Gasteiger charge is -2.38. The predicted molar refractivity (Wildman–Crippen MR) is 141 cm³/mol. The van der Waals surface area contributed by atoms with E-state index in [9.17, 15) is 23.1 Å². The molecule has 0 radical (unpaired) electrons. The van der Waals surface area contributed by atoms with E-state index in [-0.39, 0.29) is 71.0 Å². The molecule has 1 aromatic heterocycles. The zero-order valence-electron chi connectivity index (χ0n) is 22.8. The van der Waals surface area contributed by atoms with Gasteiger partial charge in [-0.1, -0.05) is 12.1 Å². The van der Waals surface area contributed by atoms with E-state index in [1.165, 1.54) is 36.9 Å². The van der Waals surface area contributed by atoms with E-state index in [1.807, 2.05) is 20.8 Å². The Morgan fingerprint density at radius 3 is 2.55 bits per heavy atom. The maximum absolute atomic E-state index is 13.6. The summed E-state index contributed by atoms with van der Waals surface area (Å²) in [4.78, 5) is 29.1. The lowest BCUT2D eigenvalue weighted by molar-refractivity contribution is 0.0366. The molecular weight excluding hydrogens is 514 g/mol.